The Kier molecular flexibility index (Phi) is 4.77. The minimum absolute atomic E-state index is 0.886. The summed E-state index contributed by atoms with van der Waals surface area (Å²) in [6.07, 6.45) is 1.14. The van der Waals surface area contributed by atoms with Crippen molar-refractivity contribution in [2.45, 2.75) is 18.5 Å². The number of aromatic nitrogens is 4. The molecule has 1 aromatic rings. The molecule has 0 spiro atoms. The Morgan fingerprint density at radius 3 is 3.00 bits per heavy atom. The first-order valence-electron chi connectivity index (χ1n) is 4.40. The van der Waals surface area contributed by atoms with Gasteiger partial charge in [-0.25, -0.2) is 4.68 Å². The molecule has 0 unspecified atom stereocenters. The fourth-order valence-electron chi connectivity index (χ4n) is 0.881. The van der Waals surface area contributed by atoms with Crippen LogP contribution >= 0.6 is 11.8 Å². The Bertz CT molecular complexity index is 237. The third-order valence-electron chi connectivity index (χ3n) is 1.56. The first-order chi connectivity index (χ1) is 6.34. The molecular weight excluding hydrogens is 186 g/mol. The molecule has 0 bridgehead atoms. The normalized spacial score (nSPS) is 10.6. The van der Waals surface area contributed by atoms with Gasteiger partial charge in [0.2, 0.25) is 5.16 Å². The van der Waals surface area contributed by atoms with Gasteiger partial charge in [0, 0.05) is 12.8 Å². The second-order valence-corrected chi connectivity index (χ2v) is 3.70. The second-order valence-electron chi connectivity index (χ2n) is 2.64. The molecule has 0 aromatic carbocycles. The van der Waals surface area contributed by atoms with Crippen LogP contribution in [0.2, 0.25) is 0 Å². The zero-order chi connectivity index (χ0) is 9.52. The Balaban J connectivity index is 2.10. The molecule has 0 atom stereocenters. The van der Waals surface area contributed by atoms with Gasteiger partial charge in [0.05, 0.1) is 0 Å². The Morgan fingerprint density at radius 2 is 2.38 bits per heavy atom. The van der Waals surface area contributed by atoms with Crippen LogP contribution < -0.4 is 5.32 Å². The van der Waals surface area contributed by atoms with Crippen molar-refractivity contribution in [1.82, 2.24) is 25.5 Å². The van der Waals surface area contributed by atoms with Crippen molar-refractivity contribution in [3.8, 4) is 0 Å². The molecule has 0 saturated carbocycles. The number of rotatable bonds is 6. The maximum absolute atomic E-state index is 3.88. The topological polar surface area (TPSA) is 55.6 Å². The molecular formula is C7H15N5S. The van der Waals surface area contributed by atoms with Gasteiger partial charge in [0.1, 0.15) is 0 Å². The first-order valence-corrected chi connectivity index (χ1v) is 5.39. The lowest BCUT2D eigenvalue weighted by Crippen LogP contribution is -2.14. The Labute approximate surface area is 82.3 Å². The van der Waals surface area contributed by atoms with Crippen LogP contribution in [0.25, 0.3) is 0 Å². The number of aryl methyl sites for hydroxylation is 1. The van der Waals surface area contributed by atoms with Crippen LogP contribution in [0.5, 0.6) is 0 Å². The molecule has 6 heteroatoms. The van der Waals surface area contributed by atoms with E-state index in [0.717, 1.165) is 30.4 Å². The van der Waals surface area contributed by atoms with E-state index in [1.54, 1.807) is 16.4 Å². The maximum Gasteiger partial charge on any atom is 0.209 e. The average molecular weight is 201 g/mol. The summed E-state index contributed by atoms with van der Waals surface area (Å²) in [6, 6.07) is 0. The van der Waals surface area contributed by atoms with Crippen molar-refractivity contribution >= 4 is 11.8 Å². The van der Waals surface area contributed by atoms with E-state index in [2.05, 4.69) is 27.8 Å². The number of tetrazole rings is 1. The number of nitrogens with zero attached hydrogens (tertiary/aromatic N) is 4. The highest BCUT2D eigenvalue weighted by atomic mass is 32.2. The van der Waals surface area contributed by atoms with E-state index in [1.807, 2.05) is 7.05 Å². The van der Waals surface area contributed by atoms with Gasteiger partial charge in [-0.15, -0.1) is 5.10 Å². The molecule has 5 nitrogen and oxygen atoms in total. The highest BCUT2D eigenvalue weighted by Gasteiger charge is 2.00. The predicted octanol–water partition coefficient (Wildman–Crippen LogP) is 0.302. The molecule has 0 aliphatic rings. The van der Waals surface area contributed by atoms with Crippen LogP contribution in [0, 0.1) is 0 Å². The van der Waals surface area contributed by atoms with Gasteiger partial charge in [-0.2, -0.15) is 0 Å². The molecule has 13 heavy (non-hydrogen) atoms. The van der Waals surface area contributed by atoms with Crippen LogP contribution in [0.1, 0.15) is 13.3 Å². The number of hydrogen-bond acceptors (Lipinski definition) is 5. The zero-order valence-corrected chi connectivity index (χ0v) is 8.84. The molecule has 0 aliphatic heterocycles. The number of nitrogens with one attached hydrogen (secondary N) is 1. The SMILES string of the molecule is CCNCCCSc1nnnn1C. The van der Waals surface area contributed by atoms with Gasteiger partial charge >= 0.3 is 0 Å². The molecule has 1 rings (SSSR count). The summed E-state index contributed by atoms with van der Waals surface area (Å²) in [7, 11) is 1.85. The molecule has 1 N–H and O–H groups in total. The summed E-state index contributed by atoms with van der Waals surface area (Å²) in [5.41, 5.74) is 0. The monoisotopic (exact) mass is 201 g/mol. The second kappa shape index (κ2) is 5.93. The van der Waals surface area contributed by atoms with Gasteiger partial charge in [-0.3, -0.25) is 0 Å². The number of thioether (sulfide) groups is 1. The summed E-state index contributed by atoms with van der Waals surface area (Å²) in [6.45, 7) is 4.21. The number of hydrogen-bond donors (Lipinski definition) is 1. The van der Waals surface area contributed by atoms with E-state index in [9.17, 15) is 0 Å². The predicted molar refractivity (Wildman–Crippen MR) is 52.7 cm³/mol. The first kappa shape index (κ1) is 10.5. The van der Waals surface area contributed by atoms with Crippen molar-refractivity contribution in [1.29, 1.82) is 0 Å². The third kappa shape index (κ3) is 3.73. The van der Waals surface area contributed by atoms with Gasteiger partial charge in [-0.05, 0) is 29.9 Å². The fourth-order valence-corrected chi connectivity index (χ4v) is 1.67. The van der Waals surface area contributed by atoms with E-state index in [4.69, 9.17) is 0 Å². The Hall–Kier alpha value is -0.620. The quantitative estimate of drug-likeness (QED) is 0.530. The van der Waals surface area contributed by atoms with Crippen LogP contribution in [-0.4, -0.2) is 39.0 Å². The molecule has 0 saturated heterocycles. The Morgan fingerprint density at radius 1 is 1.54 bits per heavy atom. The van der Waals surface area contributed by atoms with Crippen molar-refractivity contribution < 1.29 is 0 Å². The zero-order valence-electron chi connectivity index (χ0n) is 8.03. The third-order valence-corrected chi connectivity index (χ3v) is 2.66. The molecule has 0 aliphatic carbocycles. The van der Waals surface area contributed by atoms with E-state index in [-0.39, 0.29) is 0 Å². The van der Waals surface area contributed by atoms with Gasteiger partial charge in [0.25, 0.3) is 0 Å². The maximum atomic E-state index is 3.88. The van der Waals surface area contributed by atoms with Crippen LogP contribution in [0.4, 0.5) is 0 Å². The summed E-state index contributed by atoms with van der Waals surface area (Å²) >= 11 is 1.69. The van der Waals surface area contributed by atoms with Crippen LogP contribution in [-0.2, 0) is 7.05 Å². The van der Waals surface area contributed by atoms with Gasteiger partial charge < -0.3 is 5.32 Å². The summed E-state index contributed by atoms with van der Waals surface area (Å²) in [4.78, 5) is 0. The summed E-state index contributed by atoms with van der Waals surface area (Å²) in [5, 5.41) is 15.3. The van der Waals surface area contributed by atoms with Gasteiger partial charge in [-0.1, -0.05) is 18.7 Å². The minimum Gasteiger partial charge on any atom is -0.317 e. The molecule has 0 fully saturated rings. The summed E-state index contributed by atoms with van der Waals surface area (Å²) in [5.74, 6) is 1.06. The molecule has 1 aromatic heterocycles. The lowest BCUT2D eigenvalue weighted by atomic mass is 10.5. The van der Waals surface area contributed by atoms with Crippen LogP contribution in [0.3, 0.4) is 0 Å². The molecule has 1 heterocycles. The largest absolute Gasteiger partial charge is 0.317 e. The lowest BCUT2D eigenvalue weighted by molar-refractivity contribution is 0.663. The minimum atomic E-state index is 0.886. The smallest absolute Gasteiger partial charge is 0.209 e. The molecule has 0 amide bonds. The molecule has 0 radical (unpaired) electrons. The van der Waals surface area contributed by atoms with Crippen molar-refractivity contribution in [3.63, 3.8) is 0 Å². The standard InChI is InChI=1S/C7H15N5S/c1-3-8-5-4-6-13-7-9-10-11-12(7)2/h8H,3-6H2,1-2H3. The summed E-state index contributed by atoms with van der Waals surface area (Å²) < 4.78 is 1.69. The van der Waals surface area contributed by atoms with Crippen molar-refractivity contribution in [3.05, 3.63) is 0 Å². The van der Waals surface area contributed by atoms with E-state index in [0.29, 0.717) is 0 Å². The van der Waals surface area contributed by atoms with Crippen molar-refractivity contribution in [2.24, 2.45) is 7.05 Å². The average Bonchev–Trinajstić information content (AvgIpc) is 2.52. The van der Waals surface area contributed by atoms with Crippen molar-refractivity contribution in [2.75, 3.05) is 18.8 Å². The lowest BCUT2D eigenvalue weighted by Gasteiger charge is -2.00. The van der Waals surface area contributed by atoms with Gasteiger partial charge in [0.15, 0.2) is 0 Å². The van der Waals surface area contributed by atoms with E-state index in [1.165, 1.54) is 0 Å². The highest BCUT2D eigenvalue weighted by Crippen LogP contribution is 2.12. The van der Waals surface area contributed by atoms with E-state index >= 15 is 0 Å². The molecule has 74 valence electrons. The van der Waals surface area contributed by atoms with Crippen LogP contribution in [0.15, 0.2) is 5.16 Å². The highest BCUT2D eigenvalue weighted by molar-refractivity contribution is 7.99. The van der Waals surface area contributed by atoms with E-state index < -0.39 is 0 Å². The fraction of sp³-hybridized carbons (Fsp3) is 0.857.